The van der Waals surface area contributed by atoms with Crippen LogP contribution < -0.4 is 14.8 Å². The number of phenols is 1. The second-order valence-corrected chi connectivity index (χ2v) is 6.54. The lowest BCUT2D eigenvalue weighted by Crippen LogP contribution is -2.23. The number of methoxy groups -OCH3 is 1. The Kier molecular flexibility index (Phi) is 6.40. The van der Waals surface area contributed by atoms with Gasteiger partial charge in [0.15, 0.2) is 11.5 Å². The number of nitrogens with one attached hydrogen (secondary N) is 1. The number of carbonyl (C=O) groups is 1. The molecule has 0 aliphatic carbocycles. The van der Waals surface area contributed by atoms with Crippen molar-refractivity contribution in [2.24, 2.45) is 0 Å². The number of benzene rings is 3. The Labute approximate surface area is 168 Å². The fourth-order valence-corrected chi connectivity index (χ4v) is 2.76. The first-order valence-corrected chi connectivity index (χ1v) is 9.05. The van der Waals surface area contributed by atoms with Gasteiger partial charge in [0.2, 0.25) is 0 Å². The van der Waals surface area contributed by atoms with E-state index in [9.17, 15) is 9.90 Å². The van der Waals surface area contributed by atoms with Crippen molar-refractivity contribution >= 4 is 17.5 Å². The molecule has 0 saturated heterocycles. The summed E-state index contributed by atoms with van der Waals surface area (Å²) in [4.78, 5) is 12.6. The zero-order valence-corrected chi connectivity index (χ0v) is 16.1. The summed E-state index contributed by atoms with van der Waals surface area (Å²) in [5.41, 5.74) is 2.21. The first-order chi connectivity index (χ1) is 13.6. The van der Waals surface area contributed by atoms with Crippen LogP contribution in [0.1, 0.15) is 21.5 Å². The van der Waals surface area contributed by atoms with Crippen LogP contribution in [0.3, 0.4) is 0 Å². The van der Waals surface area contributed by atoms with Gasteiger partial charge >= 0.3 is 0 Å². The molecule has 0 unspecified atom stereocenters. The smallest absolute Gasteiger partial charge is 0.255 e. The molecule has 0 atom stereocenters. The first-order valence-electron chi connectivity index (χ1n) is 8.67. The molecule has 3 aromatic rings. The van der Waals surface area contributed by atoms with Crippen molar-refractivity contribution in [3.05, 3.63) is 88.4 Å². The number of ether oxygens (including phenoxy) is 2. The van der Waals surface area contributed by atoms with Crippen LogP contribution in [-0.2, 0) is 13.2 Å². The minimum Gasteiger partial charge on any atom is -0.504 e. The quantitative estimate of drug-likeness (QED) is 0.613. The summed E-state index contributed by atoms with van der Waals surface area (Å²) in [5.74, 6) is 0.661. The van der Waals surface area contributed by atoms with Crippen LogP contribution in [0.5, 0.6) is 17.2 Å². The second kappa shape index (κ2) is 9.15. The Morgan fingerprint density at radius 1 is 1.00 bits per heavy atom. The van der Waals surface area contributed by atoms with Crippen LogP contribution in [-0.4, -0.2) is 18.1 Å². The van der Waals surface area contributed by atoms with Crippen molar-refractivity contribution in [2.75, 3.05) is 7.11 Å². The molecule has 0 heterocycles. The molecule has 144 valence electrons. The molecule has 0 radical (unpaired) electrons. The second-order valence-electron chi connectivity index (χ2n) is 6.10. The molecule has 1 amide bonds. The highest BCUT2D eigenvalue weighted by molar-refractivity contribution is 6.30. The predicted octanol–water partition coefficient (Wildman–Crippen LogP) is 4.56. The molecule has 0 bridgehead atoms. The zero-order chi connectivity index (χ0) is 19.9. The van der Waals surface area contributed by atoms with Crippen molar-refractivity contribution in [1.29, 1.82) is 0 Å². The average molecular weight is 398 g/mol. The van der Waals surface area contributed by atoms with E-state index in [1.807, 2.05) is 18.2 Å². The van der Waals surface area contributed by atoms with E-state index < -0.39 is 0 Å². The largest absolute Gasteiger partial charge is 0.504 e. The molecule has 0 fully saturated rings. The standard InChI is InChI=1S/C22H20ClNO4/c1-27-21-12-16(8-11-19(21)25)13-24-22(26)18-4-2-3-5-20(18)28-14-15-6-9-17(23)10-7-15/h2-12,25H,13-14H2,1H3,(H,24,26). The number of aromatic hydroxyl groups is 1. The number of hydrogen-bond acceptors (Lipinski definition) is 4. The van der Waals surface area contributed by atoms with Crippen molar-refractivity contribution in [2.45, 2.75) is 13.2 Å². The summed E-state index contributed by atoms with van der Waals surface area (Å²) in [6, 6.07) is 19.4. The maximum Gasteiger partial charge on any atom is 0.255 e. The van der Waals surface area contributed by atoms with E-state index >= 15 is 0 Å². The Hall–Kier alpha value is -3.18. The number of amides is 1. The van der Waals surface area contributed by atoms with Crippen molar-refractivity contribution in [3.8, 4) is 17.2 Å². The monoisotopic (exact) mass is 397 g/mol. The SMILES string of the molecule is COc1cc(CNC(=O)c2ccccc2OCc2ccc(Cl)cc2)ccc1O. The van der Waals surface area contributed by atoms with Gasteiger partial charge in [-0.2, -0.15) is 0 Å². The summed E-state index contributed by atoms with van der Waals surface area (Å²) >= 11 is 5.89. The summed E-state index contributed by atoms with van der Waals surface area (Å²) in [7, 11) is 1.48. The van der Waals surface area contributed by atoms with Crippen LogP contribution in [0.2, 0.25) is 5.02 Å². The van der Waals surface area contributed by atoms with Gasteiger partial charge in [-0.25, -0.2) is 0 Å². The first kappa shape index (κ1) is 19.6. The molecule has 0 saturated carbocycles. The van der Waals surface area contributed by atoms with E-state index in [1.165, 1.54) is 13.2 Å². The molecule has 6 heteroatoms. The Bertz CT molecular complexity index is 957. The lowest BCUT2D eigenvalue weighted by atomic mass is 10.1. The maximum atomic E-state index is 12.6. The van der Waals surface area contributed by atoms with Crippen molar-refractivity contribution in [3.63, 3.8) is 0 Å². The van der Waals surface area contributed by atoms with Gasteiger partial charge in [0.1, 0.15) is 12.4 Å². The van der Waals surface area contributed by atoms with E-state index in [4.69, 9.17) is 21.1 Å². The van der Waals surface area contributed by atoms with Gasteiger partial charge in [-0.3, -0.25) is 4.79 Å². The summed E-state index contributed by atoms with van der Waals surface area (Å²) in [6.07, 6.45) is 0. The van der Waals surface area contributed by atoms with Gasteiger partial charge in [-0.05, 0) is 47.5 Å². The third-order valence-electron chi connectivity index (χ3n) is 4.14. The third-order valence-corrected chi connectivity index (χ3v) is 4.39. The molecule has 0 aromatic heterocycles. The molecular weight excluding hydrogens is 378 g/mol. The lowest BCUT2D eigenvalue weighted by Gasteiger charge is -2.12. The lowest BCUT2D eigenvalue weighted by molar-refractivity contribution is 0.0946. The molecule has 0 aliphatic rings. The number of hydrogen-bond donors (Lipinski definition) is 2. The van der Waals surface area contributed by atoms with Crippen LogP contribution >= 0.6 is 11.6 Å². The van der Waals surface area contributed by atoms with Crippen LogP contribution in [0.15, 0.2) is 66.7 Å². The number of carbonyl (C=O) groups excluding carboxylic acids is 1. The van der Waals surface area contributed by atoms with Crippen LogP contribution in [0, 0.1) is 0 Å². The van der Waals surface area contributed by atoms with E-state index in [2.05, 4.69) is 5.32 Å². The zero-order valence-electron chi connectivity index (χ0n) is 15.3. The Morgan fingerprint density at radius 3 is 2.46 bits per heavy atom. The highest BCUT2D eigenvalue weighted by Gasteiger charge is 2.12. The fraction of sp³-hybridized carbons (Fsp3) is 0.136. The fourth-order valence-electron chi connectivity index (χ4n) is 2.63. The van der Waals surface area contributed by atoms with Crippen LogP contribution in [0.4, 0.5) is 0 Å². The number of phenolic OH excluding ortho intramolecular Hbond substituents is 1. The average Bonchev–Trinajstić information content (AvgIpc) is 2.72. The molecule has 0 aliphatic heterocycles. The van der Waals surface area contributed by atoms with E-state index in [0.29, 0.717) is 35.2 Å². The minimum absolute atomic E-state index is 0.0542. The van der Waals surface area contributed by atoms with E-state index in [0.717, 1.165) is 11.1 Å². The molecule has 0 spiro atoms. The Balaban J connectivity index is 1.66. The Morgan fingerprint density at radius 2 is 1.71 bits per heavy atom. The van der Waals surface area contributed by atoms with Crippen LogP contribution in [0.25, 0.3) is 0 Å². The van der Waals surface area contributed by atoms with Crippen molar-refractivity contribution in [1.82, 2.24) is 5.32 Å². The molecular formula is C22H20ClNO4. The normalized spacial score (nSPS) is 10.4. The van der Waals surface area contributed by atoms with Gasteiger partial charge < -0.3 is 19.9 Å². The predicted molar refractivity (Wildman–Crippen MR) is 108 cm³/mol. The van der Waals surface area contributed by atoms with Gasteiger partial charge in [-0.15, -0.1) is 0 Å². The maximum absolute atomic E-state index is 12.6. The summed E-state index contributed by atoms with van der Waals surface area (Å²) in [5, 5.41) is 13.2. The molecule has 3 rings (SSSR count). The minimum atomic E-state index is -0.251. The highest BCUT2D eigenvalue weighted by atomic mass is 35.5. The van der Waals surface area contributed by atoms with Gasteiger partial charge in [0, 0.05) is 11.6 Å². The summed E-state index contributed by atoms with van der Waals surface area (Å²) < 4.78 is 10.9. The molecule has 28 heavy (non-hydrogen) atoms. The number of halogens is 1. The van der Waals surface area contributed by atoms with Gasteiger partial charge in [0.25, 0.3) is 5.91 Å². The topological polar surface area (TPSA) is 67.8 Å². The summed E-state index contributed by atoms with van der Waals surface area (Å²) in [6.45, 7) is 0.623. The number of rotatable bonds is 7. The highest BCUT2D eigenvalue weighted by Crippen LogP contribution is 2.26. The van der Waals surface area contributed by atoms with E-state index in [1.54, 1.807) is 42.5 Å². The molecule has 2 N–H and O–H groups in total. The third kappa shape index (κ3) is 4.96. The van der Waals surface area contributed by atoms with E-state index in [-0.39, 0.29) is 11.7 Å². The van der Waals surface area contributed by atoms with Gasteiger partial charge in [-0.1, -0.05) is 41.9 Å². The molecule has 3 aromatic carbocycles. The number of para-hydroxylation sites is 1. The van der Waals surface area contributed by atoms with Gasteiger partial charge in [0.05, 0.1) is 12.7 Å². The van der Waals surface area contributed by atoms with Crippen molar-refractivity contribution < 1.29 is 19.4 Å². The molecule has 5 nitrogen and oxygen atoms in total.